The summed E-state index contributed by atoms with van der Waals surface area (Å²) in [5.41, 5.74) is 0. The first-order valence-electron chi connectivity index (χ1n) is 0.667. The standard InChI is InChI=1S/H2O4S.Se/c1-5(2,3)4;/h(H2,1,2,3,4);/p-2. The molecule has 0 aromatic carbocycles. The van der Waals surface area contributed by atoms with Gasteiger partial charge in [-0.1, -0.05) is 0 Å². The maximum Gasteiger partial charge on any atom is 0.0311 e. The third-order valence-electron chi connectivity index (χ3n) is 0. The van der Waals surface area contributed by atoms with Gasteiger partial charge in [0.1, 0.15) is 0 Å². The molecular weight excluding hydrogens is 175 g/mol. The second-order valence-electron chi connectivity index (χ2n) is 0.408. The molecule has 0 aliphatic heterocycles. The molecule has 0 aromatic heterocycles. The van der Waals surface area contributed by atoms with Crippen LogP contribution < -0.4 is 0 Å². The van der Waals surface area contributed by atoms with Gasteiger partial charge in [-0.2, -0.15) is 0 Å². The maximum atomic E-state index is 8.52. The van der Waals surface area contributed by atoms with Crippen LogP contribution in [0.25, 0.3) is 0 Å². The van der Waals surface area contributed by atoms with Gasteiger partial charge in [0.25, 0.3) is 0 Å². The Morgan fingerprint density at radius 2 is 1.17 bits per heavy atom. The van der Waals surface area contributed by atoms with E-state index in [0.717, 1.165) is 0 Å². The zero-order valence-electron chi connectivity index (χ0n) is 2.45. The van der Waals surface area contributed by atoms with Crippen molar-refractivity contribution < 1.29 is 17.5 Å². The van der Waals surface area contributed by atoms with E-state index in [9.17, 15) is 0 Å². The first-order chi connectivity index (χ1) is 2.00. The second kappa shape index (κ2) is 2.54. The van der Waals surface area contributed by atoms with Crippen LogP contribution in [0.1, 0.15) is 0 Å². The summed E-state index contributed by atoms with van der Waals surface area (Å²) in [5.74, 6) is 0. The minimum atomic E-state index is -5.17. The molecule has 6 heavy (non-hydrogen) atoms. The van der Waals surface area contributed by atoms with E-state index in [-0.39, 0.29) is 17.1 Å². The molecule has 0 saturated carbocycles. The normalized spacial score (nSPS) is 9.67. The zero-order chi connectivity index (χ0) is 4.50. The summed E-state index contributed by atoms with van der Waals surface area (Å²) in [5, 5.41) is 0. The SMILES string of the molecule is O=S(=O)([O-])[O-].[Se]. The van der Waals surface area contributed by atoms with Gasteiger partial charge in [-0.3, -0.25) is 8.42 Å². The van der Waals surface area contributed by atoms with E-state index < -0.39 is 10.4 Å². The van der Waals surface area contributed by atoms with E-state index in [4.69, 9.17) is 17.5 Å². The Hall–Kier alpha value is 0.389. The van der Waals surface area contributed by atoms with Crippen LogP contribution in [0.3, 0.4) is 0 Å². The van der Waals surface area contributed by atoms with Gasteiger partial charge in [0.15, 0.2) is 0 Å². The molecule has 0 unspecified atom stereocenters. The summed E-state index contributed by atoms with van der Waals surface area (Å²) < 4.78 is 34.1. The van der Waals surface area contributed by atoms with Crippen molar-refractivity contribution in [1.29, 1.82) is 0 Å². The van der Waals surface area contributed by atoms with Crippen LogP contribution in [-0.4, -0.2) is 34.6 Å². The number of hydrogen-bond donors (Lipinski definition) is 0. The fourth-order valence-corrected chi connectivity index (χ4v) is 0. The summed E-state index contributed by atoms with van der Waals surface area (Å²) in [6, 6.07) is 0. The molecule has 0 aromatic rings. The molecule has 0 bridgehead atoms. The van der Waals surface area contributed by atoms with Crippen LogP contribution >= 0.6 is 0 Å². The quantitative estimate of drug-likeness (QED) is 0.249. The van der Waals surface area contributed by atoms with Gasteiger partial charge < -0.3 is 9.11 Å². The van der Waals surface area contributed by atoms with E-state index in [0.29, 0.717) is 0 Å². The van der Waals surface area contributed by atoms with Crippen molar-refractivity contribution in [2.24, 2.45) is 0 Å². The Morgan fingerprint density at radius 3 is 1.17 bits per heavy atom. The Morgan fingerprint density at radius 1 is 1.17 bits per heavy atom. The van der Waals surface area contributed by atoms with Gasteiger partial charge in [-0.05, 0) is 0 Å². The monoisotopic (exact) mass is 176 g/mol. The first-order valence-corrected chi connectivity index (χ1v) is 2.00. The van der Waals surface area contributed by atoms with Gasteiger partial charge in [0, 0.05) is 27.5 Å². The first kappa shape index (κ1) is 9.63. The number of rotatable bonds is 0. The van der Waals surface area contributed by atoms with Crippen LogP contribution in [0, 0.1) is 0 Å². The third-order valence-corrected chi connectivity index (χ3v) is 0. The second-order valence-corrected chi connectivity index (χ2v) is 1.22. The van der Waals surface area contributed by atoms with Gasteiger partial charge >= 0.3 is 0 Å². The third kappa shape index (κ3) is 332. The predicted octanol–water partition coefficient (Wildman–Crippen LogP) is -1.72. The molecule has 0 heterocycles. The summed E-state index contributed by atoms with van der Waals surface area (Å²) in [4.78, 5) is 0. The molecule has 0 saturated heterocycles. The van der Waals surface area contributed by atoms with Crippen molar-refractivity contribution in [3.05, 3.63) is 0 Å². The van der Waals surface area contributed by atoms with E-state index in [1.54, 1.807) is 0 Å². The van der Waals surface area contributed by atoms with E-state index >= 15 is 0 Å². The van der Waals surface area contributed by atoms with Crippen molar-refractivity contribution in [3.8, 4) is 0 Å². The summed E-state index contributed by atoms with van der Waals surface area (Å²) >= 11 is 0. The molecule has 6 heteroatoms. The van der Waals surface area contributed by atoms with Crippen LogP contribution in [-0.2, 0) is 10.4 Å². The molecule has 4 nitrogen and oxygen atoms in total. The summed E-state index contributed by atoms with van der Waals surface area (Å²) in [6.45, 7) is 0. The van der Waals surface area contributed by atoms with Crippen LogP contribution in [0.2, 0.25) is 0 Å². The summed E-state index contributed by atoms with van der Waals surface area (Å²) in [6.07, 6.45) is 0. The summed E-state index contributed by atoms with van der Waals surface area (Å²) in [7, 11) is -5.17. The maximum absolute atomic E-state index is 8.52. The Kier molecular flexibility index (Phi) is 4.08. The fraction of sp³-hybridized carbons (Fsp3) is 0. The topological polar surface area (TPSA) is 80.3 Å². The molecule has 0 rings (SSSR count). The van der Waals surface area contributed by atoms with Crippen LogP contribution in [0.5, 0.6) is 0 Å². The zero-order valence-corrected chi connectivity index (χ0v) is 4.98. The molecule has 38 valence electrons. The molecule has 0 atom stereocenters. The minimum absolute atomic E-state index is 0. The number of hydrogen-bond acceptors (Lipinski definition) is 4. The van der Waals surface area contributed by atoms with Crippen LogP contribution in [0.4, 0.5) is 0 Å². The van der Waals surface area contributed by atoms with Gasteiger partial charge in [-0.15, -0.1) is 0 Å². The Balaban J connectivity index is 0. The molecule has 0 aliphatic rings. The van der Waals surface area contributed by atoms with Crippen LogP contribution in [0.15, 0.2) is 0 Å². The smallest absolute Gasteiger partial charge is 0.0311 e. The molecular formula is O4SSe-2. The van der Waals surface area contributed by atoms with E-state index in [1.165, 1.54) is 0 Å². The minimum Gasteiger partial charge on any atom is -0.759 e. The predicted molar refractivity (Wildman–Crippen MR) is 16.2 cm³/mol. The molecule has 0 fully saturated rings. The van der Waals surface area contributed by atoms with Crippen molar-refractivity contribution in [2.75, 3.05) is 0 Å². The van der Waals surface area contributed by atoms with Crippen molar-refractivity contribution in [1.82, 2.24) is 0 Å². The van der Waals surface area contributed by atoms with Gasteiger partial charge in [-0.25, -0.2) is 0 Å². The largest absolute Gasteiger partial charge is 0.759 e. The average molecular weight is 175 g/mol. The molecule has 0 aliphatic carbocycles. The van der Waals surface area contributed by atoms with Gasteiger partial charge in [0.05, 0.1) is 0 Å². The van der Waals surface area contributed by atoms with Crippen molar-refractivity contribution in [3.63, 3.8) is 0 Å². The van der Waals surface area contributed by atoms with Crippen molar-refractivity contribution in [2.45, 2.75) is 0 Å². The fourth-order valence-electron chi connectivity index (χ4n) is 0. The molecule has 0 amide bonds. The Labute approximate surface area is 45.6 Å². The van der Waals surface area contributed by atoms with E-state index in [2.05, 4.69) is 0 Å². The molecule has 0 N–H and O–H groups in total. The van der Waals surface area contributed by atoms with Gasteiger partial charge in [0.2, 0.25) is 0 Å². The molecule has 0 spiro atoms. The average Bonchev–Trinajstić information content (AvgIpc) is 0.722. The van der Waals surface area contributed by atoms with Crippen molar-refractivity contribution >= 4 is 27.5 Å². The van der Waals surface area contributed by atoms with E-state index in [1.807, 2.05) is 0 Å². The molecule has 2 radical (unpaired) electrons. The Bertz CT molecular complexity index is 90.7.